The lowest BCUT2D eigenvalue weighted by Crippen LogP contribution is -2.51. The van der Waals surface area contributed by atoms with Crippen LogP contribution >= 0.6 is 11.6 Å². The summed E-state index contributed by atoms with van der Waals surface area (Å²) in [5.74, 6) is 0.0514. The largest absolute Gasteiger partial charge is 0.321 e. The molecule has 0 bridgehead atoms. The van der Waals surface area contributed by atoms with Gasteiger partial charge in [0.25, 0.3) is 0 Å². The van der Waals surface area contributed by atoms with Gasteiger partial charge in [0.15, 0.2) is 0 Å². The van der Waals surface area contributed by atoms with Crippen LogP contribution in [-0.2, 0) is 5.54 Å². The third-order valence-electron chi connectivity index (χ3n) is 4.43. The summed E-state index contributed by atoms with van der Waals surface area (Å²) in [6, 6.07) is 4.53. The zero-order valence-electron chi connectivity index (χ0n) is 12.0. The van der Waals surface area contributed by atoms with Crippen molar-refractivity contribution in [3.63, 3.8) is 0 Å². The zero-order valence-corrected chi connectivity index (χ0v) is 12.7. The molecule has 1 saturated carbocycles. The quantitative estimate of drug-likeness (QED) is 0.782. The van der Waals surface area contributed by atoms with Crippen LogP contribution < -0.4 is 5.73 Å². The molecule has 2 atom stereocenters. The van der Waals surface area contributed by atoms with Crippen molar-refractivity contribution >= 4 is 11.6 Å². The molecule has 3 heteroatoms. The van der Waals surface area contributed by atoms with Crippen LogP contribution in [0.25, 0.3) is 0 Å². The van der Waals surface area contributed by atoms with Gasteiger partial charge in [-0.1, -0.05) is 45.2 Å². The second-order valence-corrected chi connectivity index (χ2v) is 7.24. The van der Waals surface area contributed by atoms with Crippen LogP contribution in [0, 0.1) is 17.2 Å². The molecule has 1 aromatic rings. The van der Waals surface area contributed by atoms with Gasteiger partial charge in [-0.2, -0.15) is 0 Å². The first kappa shape index (κ1) is 14.8. The second kappa shape index (κ2) is 5.06. The van der Waals surface area contributed by atoms with Crippen LogP contribution in [0.15, 0.2) is 18.2 Å². The maximum absolute atomic E-state index is 13.6. The minimum atomic E-state index is -0.518. The van der Waals surface area contributed by atoms with Gasteiger partial charge >= 0.3 is 0 Å². The van der Waals surface area contributed by atoms with Gasteiger partial charge in [-0.3, -0.25) is 0 Å². The molecule has 1 nitrogen and oxygen atoms in total. The third kappa shape index (κ3) is 2.80. The van der Waals surface area contributed by atoms with Crippen molar-refractivity contribution in [2.75, 3.05) is 0 Å². The molecule has 0 heterocycles. The van der Waals surface area contributed by atoms with E-state index in [9.17, 15) is 4.39 Å². The summed E-state index contributed by atoms with van der Waals surface area (Å²) in [6.07, 6.45) is 4.22. The van der Waals surface area contributed by atoms with E-state index in [1.54, 1.807) is 6.07 Å². The number of nitrogens with two attached hydrogens (primary N) is 1. The normalized spacial score (nSPS) is 28.4. The van der Waals surface area contributed by atoms with Crippen LogP contribution in [0.5, 0.6) is 0 Å². The average Bonchev–Trinajstić information content (AvgIpc) is 2.31. The molecule has 19 heavy (non-hydrogen) atoms. The third-order valence-corrected chi connectivity index (χ3v) is 4.76. The standard InChI is InChI=1S/C16H23ClFN/c1-15(2,3)14-6-4-5-9-16(14,19)12-10-11(18)7-8-13(12)17/h7-8,10,14H,4-6,9,19H2,1-3H3. The Morgan fingerprint density at radius 2 is 2.00 bits per heavy atom. The Kier molecular flexibility index (Phi) is 3.95. The number of rotatable bonds is 1. The van der Waals surface area contributed by atoms with Gasteiger partial charge in [-0.05, 0) is 47.9 Å². The highest BCUT2D eigenvalue weighted by molar-refractivity contribution is 6.31. The molecule has 0 radical (unpaired) electrons. The maximum atomic E-state index is 13.6. The molecule has 0 aromatic heterocycles. The van der Waals surface area contributed by atoms with Crippen LogP contribution in [0.2, 0.25) is 5.02 Å². The van der Waals surface area contributed by atoms with Gasteiger partial charge in [-0.15, -0.1) is 0 Å². The minimum absolute atomic E-state index is 0.0881. The Balaban J connectivity index is 2.51. The van der Waals surface area contributed by atoms with E-state index in [-0.39, 0.29) is 11.2 Å². The lowest BCUT2D eigenvalue weighted by molar-refractivity contribution is 0.0776. The summed E-state index contributed by atoms with van der Waals surface area (Å²) in [7, 11) is 0. The van der Waals surface area contributed by atoms with Crippen molar-refractivity contribution in [3.05, 3.63) is 34.6 Å². The van der Waals surface area contributed by atoms with Crippen molar-refractivity contribution < 1.29 is 4.39 Å². The van der Waals surface area contributed by atoms with Crippen molar-refractivity contribution in [1.82, 2.24) is 0 Å². The van der Waals surface area contributed by atoms with E-state index in [1.165, 1.54) is 18.6 Å². The first-order chi connectivity index (χ1) is 8.75. The molecule has 2 rings (SSSR count). The summed E-state index contributed by atoms with van der Waals surface area (Å²) in [5, 5.41) is 0.583. The highest BCUT2D eigenvalue weighted by Gasteiger charge is 2.45. The smallest absolute Gasteiger partial charge is 0.123 e. The van der Waals surface area contributed by atoms with Gasteiger partial charge in [0.1, 0.15) is 5.82 Å². The fourth-order valence-corrected chi connectivity index (χ4v) is 3.87. The summed E-state index contributed by atoms with van der Waals surface area (Å²) < 4.78 is 13.6. The predicted octanol–water partition coefficient (Wildman–Crippen LogP) is 4.87. The maximum Gasteiger partial charge on any atom is 0.123 e. The Labute approximate surface area is 120 Å². The summed E-state index contributed by atoms with van der Waals surface area (Å²) >= 11 is 6.29. The van der Waals surface area contributed by atoms with Crippen molar-refractivity contribution in [3.8, 4) is 0 Å². The lowest BCUT2D eigenvalue weighted by Gasteiger charge is -2.48. The van der Waals surface area contributed by atoms with E-state index < -0.39 is 5.54 Å². The zero-order chi connectivity index (χ0) is 14.3. The van der Waals surface area contributed by atoms with E-state index in [4.69, 9.17) is 17.3 Å². The Morgan fingerprint density at radius 3 is 2.63 bits per heavy atom. The molecule has 0 saturated heterocycles. The monoisotopic (exact) mass is 283 g/mol. The van der Waals surface area contributed by atoms with Crippen molar-refractivity contribution in [2.24, 2.45) is 17.1 Å². The fourth-order valence-electron chi connectivity index (χ4n) is 3.58. The van der Waals surface area contributed by atoms with Gasteiger partial charge in [-0.25, -0.2) is 4.39 Å². The second-order valence-electron chi connectivity index (χ2n) is 6.83. The SMILES string of the molecule is CC(C)(C)C1CCCCC1(N)c1cc(F)ccc1Cl. The number of benzene rings is 1. The van der Waals surface area contributed by atoms with Crippen LogP contribution in [0.4, 0.5) is 4.39 Å². The minimum Gasteiger partial charge on any atom is -0.321 e. The highest BCUT2D eigenvalue weighted by atomic mass is 35.5. The Hall–Kier alpha value is -0.600. The number of hydrogen-bond donors (Lipinski definition) is 1. The van der Waals surface area contributed by atoms with Gasteiger partial charge in [0.05, 0.1) is 0 Å². The molecule has 1 aliphatic rings. The molecule has 2 unspecified atom stereocenters. The summed E-state index contributed by atoms with van der Waals surface area (Å²) in [4.78, 5) is 0. The van der Waals surface area contributed by atoms with Crippen molar-refractivity contribution in [2.45, 2.75) is 52.0 Å². The molecular weight excluding hydrogens is 261 g/mol. The van der Waals surface area contributed by atoms with E-state index >= 15 is 0 Å². The van der Waals surface area contributed by atoms with Gasteiger partial charge in [0, 0.05) is 10.6 Å². The molecule has 1 aromatic carbocycles. The van der Waals surface area contributed by atoms with Crippen LogP contribution in [0.1, 0.15) is 52.0 Å². The van der Waals surface area contributed by atoms with Crippen LogP contribution in [-0.4, -0.2) is 0 Å². The number of hydrogen-bond acceptors (Lipinski definition) is 1. The molecular formula is C16H23ClFN. The molecule has 106 valence electrons. The topological polar surface area (TPSA) is 26.0 Å². The van der Waals surface area contributed by atoms with E-state index in [0.717, 1.165) is 24.8 Å². The Morgan fingerprint density at radius 1 is 1.32 bits per heavy atom. The van der Waals surface area contributed by atoms with Gasteiger partial charge < -0.3 is 5.73 Å². The number of halogens is 2. The first-order valence-electron chi connectivity index (χ1n) is 6.99. The average molecular weight is 284 g/mol. The molecule has 1 fully saturated rings. The summed E-state index contributed by atoms with van der Waals surface area (Å²) in [6.45, 7) is 6.62. The highest BCUT2D eigenvalue weighted by Crippen LogP contribution is 2.49. The lowest BCUT2D eigenvalue weighted by atomic mass is 9.60. The fraction of sp³-hybridized carbons (Fsp3) is 0.625. The summed E-state index contributed by atoms with van der Waals surface area (Å²) in [5.41, 5.74) is 7.07. The van der Waals surface area contributed by atoms with E-state index in [2.05, 4.69) is 20.8 Å². The molecule has 2 N–H and O–H groups in total. The van der Waals surface area contributed by atoms with Crippen LogP contribution in [0.3, 0.4) is 0 Å². The Bertz CT molecular complexity index is 466. The van der Waals surface area contributed by atoms with E-state index in [1.807, 2.05) is 0 Å². The molecule has 0 spiro atoms. The molecule has 0 amide bonds. The predicted molar refractivity (Wildman–Crippen MR) is 78.7 cm³/mol. The molecule has 0 aliphatic heterocycles. The van der Waals surface area contributed by atoms with Crippen molar-refractivity contribution in [1.29, 1.82) is 0 Å². The first-order valence-corrected chi connectivity index (χ1v) is 7.37. The van der Waals surface area contributed by atoms with Gasteiger partial charge in [0.2, 0.25) is 0 Å². The molecule has 1 aliphatic carbocycles. The van der Waals surface area contributed by atoms with E-state index in [0.29, 0.717) is 10.9 Å².